The topological polar surface area (TPSA) is 57.6 Å². The highest BCUT2D eigenvalue weighted by Gasteiger charge is 2.19. The van der Waals surface area contributed by atoms with Crippen molar-refractivity contribution in [2.75, 3.05) is 13.1 Å². The highest BCUT2D eigenvalue weighted by atomic mass is 19.1. The lowest BCUT2D eigenvalue weighted by molar-refractivity contribution is -0.138. The number of hydrogen-bond donors (Lipinski definition) is 1. The fourth-order valence-corrected chi connectivity index (χ4v) is 2.07. The molecule has 0 aliphatic heterocycles. The summed E-state index contributed by atoms with van der Waals surface area (Å²) in [5.74, 6) is -1.63. The van der Waals surface area contributed by atoms with Crippen LogP contribution in [0.2, 0.25) is 0 Å². The number of aliphatic carboxylic acids is 1. The second kappa shape index (κ2) is 7.62. The van der Waals surface area contributed by atoms with E-state index in [1.165, 1.54) is 11.0 Å². The van der Waals surface area contributed by atoms with Gasteiger partial charge >= 0.3 is 5.97 Å². The molecule has 1 N–H and O–H groups in total. The van der Waals surface area contributed by atoms with Crippen LogP contribution in [0.25, 0.3) is 0 Å². The molecule has 0 aliphatic rings. The molecule has 0 heterocycles. The Labute approximate surface area is 118 Å². The molecular formula is C15H20FNO3. The fourth-order valence-electron chi connectivity index (χ4n) is 2.07. The number of carboxylic acid groups (broad SMARTS) is 1. The van der Waals surface area contributed by atoms with Gasteiger partial charge in [0.15, 0.2) is 0 Å². The molecule has 1 unspecified atom stereocenters. The predicted octanol–water partition coefficient (Wildman–Crippen LogP) is 2.64. The third-order valence-electron chi connectivity index (χ3n) is 3.25. The summed E-state index contributed by atoms with van der Waals surface area (Å²) in [7, 11) is 0. The Morgan fingerprint density at radius 1 is 1.35 bits per heavy atom. The number of carboxylic acids is 1. The van der Waals surface area contributed by atoms with Gasteiger partial charge in [-0.05, 0) is 24.5 Å². The number of hydrogen-bond acceptors (Lipinski definition) is 2. The van der Waals surface area contributed by atoms with Crippen LogP contribution in [0.1, 0.15) is 38.2 Å². The molecular weight excluding hydrogens is 261 g/mol. The maximum Gasteiger partial charge on any atom is 0.305 e. The van der Waals surface area contributed by atoms with Crippen molar-refractivity contribution in [2.24, 2.45) is 0 Å². The number of benzene rings is 1. The summed E-state index contributed by atoms with van der Waals surface area (Å²) in [5.41, 5.74) is 0.509. The van der Waals surface area contributed by atoms with Gasteiger partial charge in [0.2, 0.25) is 5.91 Å². The molecule has 1 aromatic rings. The van der Waals surface area contributed by atoms with E-state index in [1.807, 2.05) is 0 Å². The number of carbonyl (C=O) groups is 2. The normalized spacial score (nSPS) is 11.9. The van der Waals surface area contributed by atoms with E-state index in [2.05, 4.69) is 0 Å². The van der Waals surface area contributed by atoms with Crippen LogP contribution in [0, 0.1) is 5.82 Å². The average Bonchev–Trinajstić information content (AvgIpc) is 2.39. The number of carbonyl (C=O) groups excluding carboxylic acids is 1. The quantitative estimate of drug-likeness (QED) is 0.836. The zero-order valence-electron chi connectivity index (χ0n) is 11.8. The molecule has 4 nitrogen and oxygen atoms in total. The lowest BCUT2D eigenvalue weighted by Crippen LogP contribution is -2.33. The van der Waals surface area contributed by atoms with E-state index in [9.17, 15) is 14.0 Å². The Balaban J connectivity index is 2.64. The average molecular weight is 281 g/mol. The summed E-state index contributed by atoms with van der Waals surface area (Å²) in [6.07, 6.45) is 0.0993. The van der Waals surface area contributed by atoms with Gasteiger partial charge in [0.25, 0.3) is 0 Å². The Bertz CT molecular complexity index is 476. The van der Waals surface area contributed by atoms with E-state index in [-0.39, 0.29) is 37.0 Å². The van der Waals surface area contributed by atoms with E-state index >= 15 is 0 Å². The molecule has 0 bridgehead atoms. The molecule has 0 aliphatic carbocycles. The first-order valence-corrected chi connectivity index (χ1v) is 6.69. The largest absolute Gasteiger partial charge is 0.481 e. The molecule has 1 atom stereocenters. The second-order valence-corrected chi connectivity index (χ2v) is 4.74. The van der Waals surface area contributed by atoms with E-state index in [0.29, 0.717) is 12.1 Å². The summed E-state index contributed by atoms with van der Waals surface area (Å²) in [4.78, 5) is 24.1. The van der Waals surface area contributed by atoms with Crippen molar-refractivity contribution in [2.45, 2.75) is 32.6 Å². The minimum atomic E-state index is -0.932. The Morgan fingerprint density at radius 2 is 2.00 bits per heavy atom. The van der Waals surface area contributed by atoms with Crippen LogP contribution in [0.15, 0.2) is 24.3 Å². The number of amides is 1. The fraction of sp³-hybridized carbons (Fsp3) is 0.467. The Hall–Kier alpha value is -1.91. The number of rotatable bonds is 7. The van der Waals surface area contributed by atoms with Gasteiger partial charge in [-0.3, -0.25) is 9.59 Å². The molecule has 1 aromatic carbocycles. The first-order valence-electron chi connectivity index (χ1n) is 6.69. The first-order chi connectivity index (χ1) is 9.45. The van der Waals surface area contributed by atoms with Crippen molar-refractivity contribution in [1.29, 1.82) is 0 Å². The van der Waals surface area contributed by atoms with Crippen LogP contribution in [0.5, 0.6) is 0 Å². The van der Waals surface area contributed by atoms with Crippen LogP contribution < -0.4 is 0 Å². The maximum absolute atomic E-state index is 13.6. The molecule has 0 fully saturated rings. The van der Waals surface area contributed by atoms with Gasteiger partial charge in [-0.15, -0.1) is 0 Å². The smallest absolute Gasteiger partial charge is 0.305 e. The van der Waals surface area contributed by atoms with Gasteiger partial charge in [0, 0.05) is 19.5 Å². The molecule has 20 heavy (non-hydrogen) atoms. The summed E-state index contributed by atoms with van der Waals surface area (Å²) >= 11 is 0. The summed E-state index contributed by atoms with van der Waals surface area (Å²) in [6.45, 7) is 4.24. The van der Waals surface area contributed by atoms with E-state index in [4.69, 9.17) is 5.11 Å². The van der Waals surface area contributed by atoms with E-state index in [1.54, 1.807) is 32.0 Å². The third-order valence-corrected chi connectivity index (χ3v) is 3.25. The molecule has 0 radical (unpaired) electrons. The third kappa shape index (κ3) is 4.64. The number of nitrogens with zero attached hydrogens (tertiary/aromatic N) is 1. The zero-order chi connectivity index (χ0) is 15.1. The SMILES string of the molecule is CCN(CCC(=O)O)C(=O)CC(C)c1ccccc1F. The second-order valence-electron chi connectivity index (χ2n) is 4.74. The van der Waals surface area contributed by atoms with Crippen LogP contribution >= 0.6 is 0 Å². The van der Waals surface area contributed by atoms with Crippen molar-refractivity contribution in [3.8, 4) is 0 Å². The molecule has 5 heteroatoms. The van der Waals surface area contributed by atoms with E-state index in [0.717, 1.165) is 0 Å². The Morgan fingerprint density at radius 3 is 2.55 bits per heavy atom. The molecule has 110 valence electrons. The predicted molar refractivity (Wildman–Crippen MR) is 73.9 cm³/mol. The highest BCUT2D eigenvalue weighted by molar-refractivity contribution is 5.77. The maximum atomic E-state index is 13.6. The van der Waals surface area contributed by atoms with E-state index < -0.39 is 5.97 Å². The lowest BCUT2D eigenvalue weighted by atomic mass is 9.96. The number of halogens is 1. The van der Waals surface area contributed by atoms with Crippen molar-refractivity contribution in [3.05, 3.63) is 35.6 Å². The molecule has 1 amide bonds. The van der Waals surface area contributed by atoms with Crippen LogP contribution in [-0.4, -0.2) is 35.0 Å². The van der Waals surface area contributed by atoms with Gasteiger partial charge in [-0.25, -0.2) is 4.39 Å². The van der Waals surface area contributed by atoms with Crippen molar-refractivity contribution < 1.29 is 19.1 Å². The monoisotopic (exact) mass is 281 g/mol. The van der Waals surface area contributed by atoms with Gasteiger partial charge in [0.1, 0.15) is 5.82 Å². The van der Waals surface area contributed by atoms with Gasteiger partial charge < -0.3 is 10.0 Å². The summed E-state index contributed by atoms with van der Waals surface area (Å²) in [6, 6.07) is 6.39. The lowest BCUT2D eigenvalue weighted by Gasteiger charge is -2.22. The molecule has 0 saturated carbocycles. The summed E-state index contributed by atoms with van der Waals surface area (Å²) < 4.78 is 13.6. The van der Waals surface area contributed by atoms with Gasteiger partial charge in [-0.2, -0.15) is 0 Å². The Kier molecular flexibility index (Phi) is 6.15. The van der Waals surface area contributed by atoms with Crippen molar-refractivity contribution in [3.63, 3.8) is 0 Å². The standard InChI is InChI=1S/C15H20FNO3/c1-3-17(9-8-15(19)20)14(18)10-11(2)12-6-4-5-7-13(12)16/h4-7,11H,3,8-10H2,1-2H3,(H,19,20). The van der Waals surface area contributed by atoms with Crippen molar-refractivity contribution in [1.82, 2.24) is 4.90 Å². The minimum Gasteiger partial charge on any atom is -0.481 e. The van der Waals surface area contributed by atoms with Gasteiger partial charge in [0.05, 0.1) is 6.42 Å². The summed E-state index contributed by atoms with van der Waals surface area (Å²) in [5, 5.41) is 8.65. The van der Waals surface area contributed by atoms with Crippen LogP contribution in [-0.2, 0) is 9.59 Å². The molecule has 0 saturated heterocycles. The highest BCUT2D eigenvalue weighted by Crippen LogP contribution is 2.22. The first kappa shape index (κ1) is 16.1. The minimum absolute atomic E-state index is 0.0757. The van der Waals surface area contributed by atoms with Crippen LogP contribution in [0.4, 0.5) is 4.39 Å². The molecule has 0 spiro atoms. The van der Waals surface area contributed by atoms with Crippen LogP contribution in [0.3, 0.4) is 0 Å². The molecule has 1 rings (SSSR count). The molecule has 0 aromatic heterocycles. The van der Waals surface area contributed by atoms with Crippen molar-refractivity contribution >= 4 is 11.9 Å². The zero-order valence-corrected chi connectivity index (χ0v) is 11.8. The van der Waals surface area contributed by atoms with Gasteiger partial charge in [-0.1, -0.05) is 25.1 Å².